The standard InChI is InChI=1S/C11H19N3O2S/c1-8-9(2)14(4-3-12-8)10(15)5-13-7-17-6-11(13)16/h8-9,12H,3-7H2,1-2H3. The smallest absolute Gasteiger partial charge is 0.242 e. The fourth-order valence-corrected chi connectivity index (χ4v) is 3.11. The lowest BCUT2D eigenvalue weighted by Gasteiger charge is -2.39. The summed E-state index contributed by atoms with van der Waals surface area (Å²) in [5.74, 6) is 1.32. The van der Waals surface area contributed by atoms with Gasteiger partial charge in [0.05, 0.1) is 11.6 Å². The van der Waals surface area contributed by atoms with Gasteiger partial charge >= 0.3 is 0 Å². The second-order valence-corrected chi connectivity index (χ2v) is 5.59. The van der Waals surface area contributed by atoms with Gasteiger partial charge in [-0.15, -0.1) is 11.8 Å². The summed E-state index contributed by atoms with van der Waals surface area (Å²) in [6.45, 7) is 5.94. The zero-order valence-electron chi connectivity index (χ0n) is 10.3. The third-order valence-corrected chi connectivity index (χ3v) is 4.45. The first-order chi connectivity index (χ1) is 8.09. The Morgan fingerprint density at radius 1 is 1.53 bits per heavy atom. The van der Waals surface area contributed by atoms with Gasteiger partial charge in [0.25, 0.3) is 0 Å². The number of hydrogen-bond donors (Lipinski definition) is 1. The van der Waals surface area contributed by atoms with E-state index in [1.54, 1.807) is 16.7 Å². The zero-order chi connectivity index (χ0) is 12.4. The SMILES string of the molecule is CC1NCCN(C(=O)CN2CSCC2=O)C1C. The predicted octanol–water partition coefficient (Wildman–Crippen LogP) is -0.272. The van der Waals surface area contributed by atoms with Crippen molar-refractivity contribution in [3.05, 3.63) is 0 Å². The Hall–Kier alpha value is -0.750. The van der Waals surface area contributed by atoms with Gasteiger partial charge < -0.3 is 15.1 Å². The van der Waals surface area contributed by atoms with Crippen molar-refractivity contribution in [3.63, 3.8) is 0 Å². The number of carbonyl (C=O) groups is 2. The molecular weight excluding hydrogens is 238 g/mol. The van der Waals surface area contributed by atoms with Crippen molar-refractivity contribution >= 4 is 23.6 Å². The topological polar surface area (TPSA) is 52.7 Å². The minimum atomic E-state index is 0.0710. The van der Waals surface area contributed by atoms with Crippen molar-refractivity contribution in [2.75, 3.05) is 31.3 Å². The first-order valence-electron chi connectivity index (χ1n) is 5.98. The molecule has 0 spiro atoms. The van der Waals surface area contributed by atoms with Crippen LogP contribution in [0.2, 0.25) is 0 Å². The third-order valence-electron chi connectivity index (χ3n) is 3.51. The van der Waals surface area contributed by atoms with E-state index >= 15 is 0 Å². The Balaban J connectivity index is 1.92. The number of carbonyl (C=O) groups excluding carboxylic acids is 2. The van der Waals surface area contributed by atoms with Crippen LogP contribution in [0.15, 0.2) is 0 Å². The number of nitrogens with zero attached hydrogens (tertiary/aromatic N) is 2. The Bertz CT molecular complexity index is 324. The molecule has 2 unspecified atom stereocenters. The van der Waals surface area contributed by atoms with E-state index in [1.807, 2.05) is 4.90 Å². The highest BCUT2D eigenvalue weighted by Gasteiger charge is 2.31. The maximum atomic E-state index is 12.2. The molecule has 2 aliphatic heterocycles. The van der Waals surface area contributed by atoms with Crippen LogP contribution in [-0.2, 0) is 9.59 Å². The Kier molecular flexibility index (Phi) is 3.93. The van der Waals surface area contributed by atoms with Crippen LogP contribution in [0.4, 0.5) is 0 Å². The Morgan fingerprint density at radius 2 is 2.29 bits per heavy atom. The van der Waals surface area contributed by atoms with Crippen LogP contribution >= 0.6 is 11.8 Å². The van der Waals surface area contributed by atoms with Gasteiger partial charge in [-0.3, -0.25) is 9.59 Å². The summed E-state index contributed by atoms with van der Waals surface area (Å²) in [4.78, 5) is 27.1. The molecule has 5 nitrogen and oxygen atoms in total. The lowest BCUT2D eigenvalue weighted by molar-refractivity contribution is -0.140. The number of hydrogen-bond acceptors (Lipinski definition) is 4. The lowest BCUT2D eigenvalue weighted by Crippen LogP contribution is -2.58. The van der Waals surface area contributed by atoms with E-state index in [1.165, 1.54) is 0 Å². The normalized spacial score (nSPS) is 29.9. The van der Waals surface area contributed by atoms with E-state index in [0.717, 1.165) is 13.1 Å². The summed E-state index contributed by atoms with van der Waals surface area (Å²) in [6.07, 6.45) is 0. The minimum absolute atomic E-state index is 0.0710. The van der Waals surface area contributed by atoms with Gasteiger partial charge in [0, 0.05) is 25.2 Å². The highest BCUT2D eigenvalue weighted by Crippen LogP contribution is 2.16. The molecule has 2 heterocycles. The summed E-state index contributed by atoms with van der Waals surface area (Å²) < 4.78 is 0. The summed E-state index contributed by atoms with van der Waals surface area (Å²) in [7, 11) is 0. The molecule has 2 aliphatic rings. The van der Waals surface area contributed by atoms with Crippen LogP contribution < -0.4 is 5.32 Å². The molecule has 1 N–H and O–H groups in total. The first-order valence-corrected chi connectivity index (χ1v) is 7.13. The van der Waals surface area contributed by atoms with Gasteiger partial charge in [-0.05, 0) is 13.8 Å². The molecule has 0 aromatic heterocycles. The molecule has 96 valence electrons. The fraction of sp³-hybridized carbons (Fsp3) is 0.818. The van der Waals surface area contributed by atoms with Gasteiger partial charge in [0.15, 0.2) is 0 Å². The molecule has 2 atom stereocenters. The Morgan fingerprint density at radius 3 is 2.94 bits per heavy atom. The van der Waals surface area contributed by atoms with Crippen molar-refractivity contribution in [1.82, 2.24) is 15.1 Å². The molecule has 2 fully saturated rings. The number of amides is 2. The van der Waals surface area contributed by atoms with E-state index in [-0.39, 0.29) is 24.4 Å². The van der Waals surface area contributed by atoms with Crippen LogP contribution in [0, 0.1) is 0 Å². The molecule has 2 amide bonds. The monoisotopic (exact) mass is 257 g/mol. The molecule has 0 aromatic rings. The molecule has 0 aliphatic carbocycles. The Labute approximate surface area is 106 Å². The molecule has 0 saturated carbocycles. The van der Waals surface area contributed by atoms with Gasteiger partial charge in [-0.2, -0.15) is 0 Å². The summed E-state index contributed by atoms with van der Waals surface area (Å²) >= 11 is 1.57. The average molecular weight is 257 g/mol. The van der Waals surface area contributed by atoms with Crippen molar-refractivity contribution in [2.45, 2.75) is 25.9 Å². The molecule has 0 radical (unpaired) electrons. The quantitative estimate of drug-likeness (QED) is 0.740. The number of nitrogens with one attached hydrogen (secondary N) is 1. The number of thioether (sulfide) groups is 1. The zero-order valence-corrected chi connectivity index (χ0v) is 11.1. The number of rotatable bonds is 2. The second kappa shape index (κ2) is 5.27. The molecule has 2 rings (SSSR count). The van der Waals surface area contributed by atoms with E-state index in [9.17, 15) is 9.59 Å². The van der Waals surface area contributed by atoms with Crippen LogP contribution in [0.3, 0.4) is 0 Å². The fourth-order valence-electron chi connectivity index (χ4n) is 2.20. The minimum Gasteiger partial charge on any atom is -0.336 e. The average Bonchev–Trinajstić information content (AvgIpc) is 2.68. The highest BCUT2D eigenvalue weighted by molar-refractivity contribution is 8.00. The second-order valence-electron chi connectivity index (χ2n) is 4.64. The van der Waals surface area contributed by atoms with Crippen LogP contribution in [0.25, 0.3) is 0 Å². The van der Waals surface area contributed by atoms with Crippen molar-refractivity contribution in [3.8, 4) is 0 Å². The maximum absolute atomic E-state index is 12.2. The van der Waals surface area contributed by atoms with Crippen LogP contribution in [-0.4, -0.2) is 65.0 Å². The van der Waals surface area contributed by atoms with E-state index < -0.39 is 0 Å². The van der Waals surface area contributed by atoms with Crippen LogP contribution in [0.5, 0.6) is 0 Å². The third kappa shape index (κ3) is 2.74. The predicted molar refractivity (Wildman–Crippen MR) is 67.7 cm³/mol. The molecule has 17 heavy (non-hydrogen) atoms. The summed E-state index contributed by atoms with van der Waals surface area (Å²) in [6, 6.07) is 0.512. The molecule has 0 bridgehead atoms. The van der Waals surface area contributed by atoms with Gasteiger partial charge in [-0.1, -0.05) is 0 Å². The van der Waals surface area contributed by atoms with Gasteiger partial charge in [0.1, 0.15) is 6.54 Å². The summed E-state index contributed by atoms with van der Waals surface area (Å²) in [5, 5.41) is 3.34. The molecule has 6 heteroatoms. The van der Waals surface area contributed by atoms with Crippen molar-refractivity contribution < 1.29 is 9.59 Å². The largest absolute Gasteiger partial charge is 0.336 e. The van der Waals surface area contributed by atoms with Crippen molar-refractivity contribution in [1.29, 1.82) is 0 Å². The van der Waals surface area contributed by atoms with Gasteiger partial charge in [0.2, 0.25) is 11.8 Å². The van der Waals surface area contributed by atoms with E-state index in [2.05, 4.69) is 19.2 Å². The molecule has 2 saturated heterocycles. The maximum Gasteiger partial charge on any atom is 0.242 e. The molecule has 0 aromatic carbocycles. The van der Waals surface area contributed by atoms with Crippen molar-refractivity contribution in [2.24, 2.45) is 0 Å². The first kappa shape index (κ1) is 12.7. The molecular formula is C11H19N3O2S. The van der Waals surface area contributed by atoms with Gasteiger partial charge in [-0.25, -0.2) is 0 Å². The summed E-state index contributed by atoms with van der Waals surface area (Å²) in [5.41, 5.74) is 0. The lowest BCUT2D eigenvalue weighted by atomic mass is 10.1. The number of piperazine rings is 1. The van der Waals surface area contributed by atoms with Crippen LogP contribution in [0.1, 0.15) is 13.8 Å². The van der Waals surface area contributed by atoms with E-state index in [0.29, 0.717) is 17.7 Å². The highest BCUT2D eigenvalue weighted by atomic mass is 32.2. The van der Waals surface area contributed by atoms with E-state index in [4.69, 9.17) is 0 Å².